The number of anilines is 1. The number of nitrogens with one attached hydrogen (secondary N) is 1. The molecule has 1 aromatic carbocycles. The number of carbonyl (C=O) groups excluding carboxylic acids is 1. The van der Waals surface area contributed by atoms with Crippen molar-refractivity contribution in [3.63, 3.8) is 0 Å². The lowest BCUT2D eigenvalue weighted by Crippen LogP contribution is -2.16. The molecule has 0 saturated heterocycles. The van der Waals surface area contributed by atoms with Crippen LogP contribution in [0.4, 0.5) is 10.6 Å². The Hall–Kier alpha value is -2.88. The third kappa shape index (κ3) is 2.87. The van der Waals surface area contributed by atoms with Gasteiger partial charge in [0.15, 0.2) is 5.82 Å². The van der Waals surface area contributed by atoms with E-state index in [1.165, 1.54) is 11.8 Å². The molecule has 0 saturated carbocycles. The molecule has 19 heavy (non-hydrogen) atoms. The summed E-state index contributed by atoms with van der Waals surface area (Å²) in [5.41, 5.74) is 1.02. The zero-order chi connectivity index (χ0) is 13.7. The first-order chi connectivity index (χ1) is 9.24. The average Bonchev–Trinajstić information content (AvgIpc) is 2.82. The smallest absolute Gasteiger partial charge is 0.412 e. The normalized spacial score (nSPS) is 9.68. The van der Waals surface area contributed by atoms with Gasteiger partial charge in [0.1, 0.15) is 6.07 Å². The number of methoxy groups -OCH3 is 1. The highest BCUT2D eigenvalue weighted by Crippen LogP contribution is 2.14. The molecule has 1 N–H and O–H groups in total. The van der Waals surface area contributed by atoms with Crippen LogP contribution in [0.5, 0.6) is 0 Å². The number of rotatable bonds is 3. The van der Waals surface area contributed by atoms with Crippen LogP contribution in [0.15, 0.2) is 30.3 Å². The Kier molecular flexibility index (Phi) is 3.73. The molecule has 0 atom stereocenters. The Morgan fingerprint density at radius 1 is 1.47 bits per heavy atom. The van der Waals surface area contributed by atoms with Crippen molar-refractivity contribution in [2.24, 2.45) is 0 Å². The number of nitriles is 1. The number of ether oxygens (including phenoxy) is 1. The number of carbonyl (C=O) groups is 1. The van der Waals surface area contributed by atoms with Crippen molar-refractivity contribution in [1.29, 1.82) is 5.26 Å². The Morgan fingerprint density at radius 2 is 2.21 bits per heavy atom. The van der Waals surface area contributed by atoms with Gasteiger partial charge in [-0.25, -0.2) is 9.48 Å². The molecule has 0 unspecified atom stereocenters. The van der Waals surface area contributed by atoms with Crippen molar-refractivity contribution in [3.05, 3.63) is 41.6 Å². The van der Waals surface area contributed by atoms with Crippen molar-refractivity contribution in [2.75, 3.05) is 12.4 Å². The van der Waals surface area contributed by atoms with Gasteiger partial charge in [-0.05, 0) is 5.56 Å². The van der Waals surface area contributed by atoms with E-state index >= 15 is 0 Å². The SMILES string of the molecule is COC(=O)Nc1c(C#N)nnn1Cc1ccccc1. The van der Waals surface area contributed by atoms with E-state index in [0.29, 0.717) is 6.54 Å². The Bertz CT molecular complexity index is 615. The second-order valence-electron chi connectivity index (χ2n) is 3.66. The minimum absolute atomic E-state index is 0.0429. The first-order valence-corrected chi connectivity index (χ1v) is 5.47. The third-order valence-electron chi connectivity index (χ3n) is 2.42. The molecule has 2 aromatic rings. The van der Waals surface area contributed by atoms with Crippen molar-refractivity contribution in [1.82, 2.24) is 15.0 Å². The van der Waals surface area contributed by atoms with Crippen LogP contribution in [0.1, 0.15) is 11.3 Å². The van der Waals surface area contributed by atoms with Crippen LogP contribution < -0.4 is 5.32 Å². The van der Waals surface area contributed by atoms with Gasteiger partial charge >= 0.3 is 6.09 Å². The standard InChI is InChI=1S/C12H11N5O2/c1-19-12(18)14-11-10(7-13)15-16-17(11)8-9-5-3-2-4-6-9/h2-6H,8H2,1H3,(H,14,18). The molecule has 0 radical (unpaired) electrons. The van der Waals surface area contributed by atoms with E-state index in [2.05, 4.69) is 20.4 Å². The number of benzene rings is 1. The van der Waals surface area contributed by atoms with E-state index in [4.69, 9.17) is 5.26 Å². The molecule has 0 aliphatic heterocycles. The van der Waals surface area contributed by atoms with Crippen LogP contribution in [-0.2, 0) is 11.3 Å². The van der Waals surface area contributed by atoms with Gasteiger partial charge in [-0.15, -0.1) is 5.10 Å². The van der Waals surface area contributed by atoms with E-state index in [9.17, 15) is 4.79 Å². The van der Waals surface area contributed by atoms with Gasteiger partial charge in [0.25, 0.3) is 0 Å². The second-order valence-corrected chi connectivity index (χ2v) is 3.66. The monoisotopic (exact) mass is 257 g/mol. The maximum Gasteiger partial charge on any atom is 0.412 e. The lowest BCUT2D eigenvalue weighted by molar-refractivity contribution is 0.186. The summed E-state index contributed by atoms with van der Waals surface area (Å²) in [7, 11) is 1.24. The van der Waals surface area contributed by atoms with Gasteiger partial charge in [-0.3, -0.25) is 5.32 Å². The van der Waals surface area contributed by atoms with Gasteiger partial charge in [0.2, 0.25) is 5.69 Å². The molecule has 0 aliphatic carbocycles. The van der Waals surface area contributed by atoms with Crippen LogP contribution in [0.3, 0.4) is 0 Å². The molecule has 1 amide bonds. The molecule has 1 heterocycles. The third-order valence-corrected chi connectivity index (χ3v) is 2.42. The molecule has 1 aromatic heterocycles. The molecule has 0 aliphatic rings. The summed E-state index contributed by atoms with van der Waals surface area (Å²) in [4.78, 5) is 11.2. The number of nitrogens with zero attached hydrogens (tertiary/aromatic N) is 4. The van der Waals surface area contributed by atoms with E-state index in [-0.39, 0.29) is 11.5 Å². The summed E-state index contributed by atoms with van der Waals surface area (Å²) in [5.74, 6) is 0.221. The summed E-state index contributed by atoms with van der Waals surface area (Å²) in [5, 5.41) is 18.9. The molecule has 0 fully saturated rings. The average molecular weight is 257 g/mol. The summed E-state index contributed by atoms with van der Waals surface area (Å²) in [6, 6.07) is 11.4. The zero-order valence-corrected chi connectivity index (χ0v) is 10.2. The molecular formula is C12H11N5O2. The highest BCUT2D eigenvalue weighted by atomic mass is 16.5. The zero-order valence-electron chi connectivity index (χ0n) is 10.2. The van der Waals surface area contributed by atoms with Crippen LogP contribution in [0.2, 0.25) is 0 Å². The predicted octanol–water partition coefficient (Wildman–Crippen LogP) is 1.38. The van der Waals surface area contributed by atoms with Gasteiger partial charge < -0.3 is 4.74 Å². The summed E-state index contributed by atoms with van der Waals surface area (Å²) < 4.78 is 5.94. The number of hydrogen-bond acceptors (Lipinski definition) is 5. The number of amides is 1. The summed E-state index contributed by atoms with van der Waals surface area (Å²) >= 11 is 0. The second kappa shape index (κ2) is 5.64. The van der Waals surface area contributed by atoms with Crippen LogP contribution in [0.25, 0.3) is 0 Å². The molecule has 2 rings (SSSR count). The lowest BCUT2D eigenvalue weighted by atomic mass is 10.2. The Balaban J connectivity index is 2.28. The largest absolute Gasteiger partial charge is 0.453 e. The lowest BCUT2D eigenvalue weighted by Gasteiger charge is -2.07. The van der Waals surface area contributed by atoms with Crippen molar-refractivity contribution < 1.29 is 9.53 Å². The van der Waals surface area contributed by atoms with Gasteiger partial charge in [-0.2, -0.15) is 5.26 Å². The van der Waals surface area contributed by atoms with Crippen LogP contribution >= 0.6 is 0 Å². The maximum atomic E-state index is 11.2. The highest BCUT2D eigenvalue weighted by Gasteiger charge is 2.15. The molecule has 7 nitrogen and oxygen atoms in total. The predicted molar refractivity (Wildman–Crippen MR) is 66.3 cm³/mol. The first-order valence-electron chi connectivity index (χ1n) is 5.47. The minimum Gasteiger partial charge on any atom is -0.453 e. The van der Waals surface area contributed by atoms with E-state index in [1.54, 1.807) is 0 Å². The minimum atomic E-state index is -0.673. The number of hydrogen-bond donors (Lipinski definition) is 1. The molecule has 0 bridgehead atoms. The fourth-order valence-electron chi connectivity index (χ4n) is 1.53. The Morgan fingerprint density at radius 3 is 2.84 bits per heavy atom. The fourth-order valence-corrected chi connectivity index (χ4v) is 1.53. The molecule has 96 valence electrons. The summed E-state index contributed by atoms with van der Waals surface area (Å²) in [6.07, 6.45) is -0.673. The molecule has 7 heteroatoms. The van der Waals surface area contributed by atoms with Crippen molar-refractivity contribution in [2.45, 2.75) is 6.54 Å². The van der Waals surface area contributed by atoms with Gasteiger partial charge in [0.05, 0.1) is 13.7 Å². The van der Waals surface area contributed by atoms with E-state index in [0.717, 1.165) is 5.56 Å². The first kappa shape index (κ1) is 12.6. The van der Waals surface area contributed by atoms with Crippen molar-refractivity contribution >= 4 is 11.9 Å². The molecule has 0 spiro atoms. The van der Waals surface area contributed by atoms with Crippen molar-refractivity contribution in [3.8, 4) is 6.07 Å². The van der Waals surface area contributed by atoms with Crippen LogP contribution in [0, 0.1) is 11.3 Å². The fraction of sp³-hybridized carbons (Fsp3) is 0.167. The highest BCUT2D eigenvalue weighted by molar-refractivity contribution is 5.84. The Labute approximate surface area is 109 Å². The van der Waals surface area contributed by atoms with Crippen LogP contribution in [-0.4, -0.2) is 28.2 Å². The summed E-state index contributed by atoms with van der Waals surface area (Å²) in [6.45, 7) is 0.398. The van der Waals surface area contributed by atoms with Gasteiger partial charge in [-0.1, -0.05) is 35.5 Å². The molecular weight excluding hydrogens is 246 g/mol. The van der Waals surface area contributed by atoms with E-state index < -0.39 is 6.09 Å². The maximum absolute atomic E-state index is 11.2. The number of aromatic nitrogens is 3. The topological polar surface area (TPSA) is 92.8 Å². The quantitative estimate of drug-likeness (QED) is 0.896. The van der Waals surface area contributed by atoms with E-state index in [1.807, 2.05) is 36.4 Å². The van der Waals surface area contributed by atoms with Gasteiger partial charge in [0, 0.05) is 0 Å².